The van der Waals surface area contributed by atoms with Gasteiger partial charge in [-0.1, -0.05) is 12.5 Å². The van der Waals surface area contributed by atoms with E-state index in [0.29, 0.717) is 6.54 Å². The van der Waals surface area contributed by atoms with Gasteiger partial charge in [0, 0.05) is 6.54 Å². The van der Waals surface area contributed by atoms with Gasteiger partial charge in [-0.2, -0.15) is 13.2 Å². The molecule has 3 rings (SSSR count). The third kappa shape index (κ3) is 5.51. The lowest BCUT2D eigenvalue weighted by atomic mass is 10.1. The number of carbonyl (C=O) groups excluding carboxylic acids is 1. The predicted molar refractivity (Wildman–Crippen MR) is 96.8 cm³/mol. The molecule has 152 valence electrons. The van der Waals surface area contributed by atoms with Gasteiger partial charge in [-0.15, -0.1) is 0 Å². The number of hydrogen-bond donors (Lipinski definition) is 1. The van der Waals surface area contributed by atoms with Crippen LogP contribution in [0.25, 0.3) is 0 Å². The van der Waals surface area contributed by atoms with Crippen molar-refractivity contribution in [1.82, 2.24) is 10.2 Å². The Morgan fingerprint density at radius 1 is 1.18 bits per heavy atom. The predicted octanol–water partition coefficient (Wildman–Crippen LogP) is 4.02. The average molecular weight is 396 g/mol. The summed E-state index contributed by atoms with van der Waals surface area (Å²) in [6.07, 6.45) is 0.545. The van der Waals surface area contributed by atoms with Gasteiger partial charge in [0.1, 0.15) is 11.5 Å². The highest BCUT2D eigenvalue weighted by molar-refractivity contribution is 5.77. The fraction of sp³-hybridized carbons (Fsp3) is 0.450. The van der Waals surface area contributed by atoms with Crippen LogP contribution in [0.1, 0.15) is 36.6 Å². The molecule has 1 fully saturated rings. The highest BCUT2D eigenvalue weighted by atomic mass is 19.4. The molecule has 1 aliphatic heterocycles. The molecule has 2 heterocycles. The van der Waals surface area contributed by atoms with Gasteiger partial charge in [-0.3, -0.25) is 9.69 Å². The number of benzene rings is 1. The SMILES string of the molecule is O=C(COc1cccc(C(F)(F)F)c1)NC[C@@H](c1ccco1)N1CCCCC1. The topological polar surface area (TPSA) is 54.7 Å². The number of piperidine rings is 1. The third-order valence-corrected chi connectivity index (χ3v) is 4.73. The molecule has 1 amide bonds. The molecular formula is C20H23F3N2O3. The first kappa shape index (κ1) is 20.3. The summed E-state index contributed by atoms with van der Waals surface area (Å²) in [5.41, 5.74) is -0.812. The summed E-state index contributed by atoms with van der Waals surface area (Å²) in [5.74, 6) is 0.385. The van der Waals surface area contributed by atoms with E-state index in [0.717, 1.165) is 43.8 Å². The lowest BCUT2D eigenvalue weighted by Gasteiger charge is -2.33. The van der Waals surface area contributed by atoms with Gasteiger partial charge in [0.15, 0.2) is 6.61 Å². The van der Waals surface area contributed by atoms with Crippen LogP contribution in [0.5, 0.6) is 5.75 Å². The van der Waals surface area contributed by atoms with Crippen molar-refractivity contribution in [2.75, 3.05) is 26.2 Å². The molecule has 1 aromatic heterocycles. The summed E-state index contributed by atoms with van der Waals surface area (Å²) in [6.45, 7) is 1.86. The van der Waals surface area contributed by atoms with E-state index in [9.17, 15) is 18.0 Å². The van der Waals surface area contributed by atoms with Crippen LogP contribution >= 0.6 is 0 Å². The number of amides is 1. The Hall–Kier alpha value is -2.48. The number of rotatable bonds is 7. The number of likely N-dealkylation sites (tertiary alicyclic amines) is 1. The third-order valence-electron chi connectivity index (χ3n) is 4.73. The van der Waals surface area contributed by atoms with Crippen LogP contribution in [0, 0.1) is 0 Å². The largest absolute Gasteiger partial charge is 0.484 e. The molecule has 5 nitrogen and oxygen atoms in total. The number of carbonyl (C=O) groups is 1. The van der Waals surface area contributed by atoms with Gasteiger partial charge in [-0.05, 0) is 56.3 Å². The number of hydrogen-bond acceptors (Lipinski definition) is 4. The molecule has 1 saturated heterocycles. The number of halogens is 3. The highest BCUT2D eigenvalue weighted by Gasteiger charge is 2.30. The second-order valence-electron chi connectivity index (χ2n) is 6.75. The maximum Gasteiger partial charge on any atom is 0.416 e. The van der Waals surface area contributed by atoms with E-state index in [1.54, 1.807) is 6.26 Å². The first-order valence-electron chi connectivity index (χ1n) is 9.28. The second-order valence-corrected chi connectivity index (χ2v) is 6.75. The zero-order valence-corrected chi connectivity index (χ0v) is 15.4. The summed E-state index contributed by atoms with van der Waals surface area (Å²) in [5, 5.41) is 2.80. The van der Waals surface area contributed by atoms with E-state index in [1.807, 2.05) is 12.1 Å². The molecule has 0 saturated carbocycles. The Bertz CT molecular complexity index is 756. The summed E-state index contributed by atoms with van der Waals surface area (Å²) < 4.78 is 49.0. The van der Waals surface area contributed by atoms with Gasteiger partial charge in [0.25, 0.3) is 5.91 Å². The van der Waals surface area contributed by atoms with Crippen LogP contribution in [0.15, 0.2) is 47.1 Å². The molecule has 2 aromatic rings. The van der Waals surface area contributed by atoms with Crippen LogP contribution in [0.3, 0.4) is 0 Å². The van der Waals surface area contributed by atoms with Gasteiger partial charge in [-0.25, -0.2) is 0 Å². The lowest BCUT2D eigenvalue weighted by molar-refractivity contribution is -0.137. The average Bonchev–Trinajstić information content (AvgIpc) is 3.21. The molecule has 0 bridgehead atoms. The van der Waals surface area contributed by atoms with Crippen molar-refractivity contribution in [3.05, 3.63) is 54.0 Å². The highest BCUT2D eigenvalue weighted by Crippen LogP contribution is 2.31. The minimum Gasteiger partial charge on any atom is -0.484 e. The van der Waals surface area contributed by atoms with Gasteiger partial charge in [0.2, 0.25) is 0 Å². The Balaban J connectivity index is 1.53. The fourth-order valence-corrected chi connectivity index (χ4v) is 3.29. The van der Waals surface area contributed by atoms with E-state index < -0.39 is 17.6 Å². The maximum atomic E-state index is 12.7. The van der Waals surface area contributed by atoms with E-state index >= 15 is 0 Å². The second kappa shape index (κ2) is 9.14. The van der Waals surface area contributed by atoms with Gasteiger partial charge >= 0.3 is 6.18 Å². The molecule has 1 N–H and O–H groups in total. The van der Waals surface area contributed by atoms with Crippen molar-refractivity contribution in [2.45, 2.75) is 31.5 Å². The number of furan rings is 1. The summed E-state index contributed by atoms with van der Waals surface area (Å²) in [7, 11) is 0. The van der Waals surface area contributed by atoms with E-state index in [1.165, 1.54) is 18.6 Å². The molecule has 1 atom stereocenters. The Morgan fingerprint density at radius 2 is 1.96 bits per heavy atom. The van der Waals surface area contributed by atoms with Crippen LogP contribution in [0.4, 0.5) is 13.2 Å². The smallest absolute Gasteiger partial charge is 0.416 e. The molecule has 8 heteroatoms. The number of nitrogens with one attached hydrogen (secondary N) is 1. The normalized spacial score (nSPS) is 16.5. The maximum absolute atomic E-state index is 12.7. The monoisotopic (exact) mass is 396 g/mol. The summed E-state index contributed by atoms with van der Waals surface area (Å²) in [4.78, 5) is 14.4. The Labute approximate surface area is 161 Å². The minimum absolute atomic E-state index is 0.00332. The number of alkyl halides is 3. The Kier molecular flexibility index (Phi) is 6.61. The first-order valence-corrected chi connectivity index (χ1v) is 9.28. The summed E-state index contributed by atoms with van der Waals surface area (Å²) >= 11 is 0. The molecule has 0 spiro atoms. The fourth-order valence-electron chi connectivity index (χ4n) is 3.29. The van der Waals surface area contributed by atoms with Crippen LogP contribution in [0.2, 0.25) is 0 Å². The van der Waals surface area contributed by atoms with Crippen molar-refractivity contribution in [3.8, 4) is 5.75 Å². The number of nitrogens with zero attached hydrogens (tertiary/aromatic N) is 1. The minimum atomic E-state index is -4.45. The van der Waals surface area contributed by atoms with Gasteiger partial charge in [0.05, 0.1) is 17.9 Å². The molecule has 0 radical (unpaired) electrons. The first-order chi connectivity index (χ1) is 13.4. The van der Waals surface area contributed by atoms with Crippen molar-refractivity contribution in [1.29, 1.82) is 0 Å². The zero-order valence-electron chi connectivity index (χ0n) is 15.4. The molecule has 28 heavy (non-hydrogen) atoms. The standard InChI is InChI=1S/C20H23F3N2O3/c21-20(22,23)15-6-4-7-16(12-15)28-14-19(26)24-13-17(18-8-5-11-27-18)25-9-2-1-3-10-25/h4-8,11-12,17H,1-3,9-10,13-14H2,(H,24,26)/t17-/m0/s1. The van der Waals surface area contributed by atoms with Crippen LogP contribution in [-0.2, 0) is 11.0 Å². The van der Waals surface area contributed by atoms with Crippen molar-refractivity contribution in [2.24, 2.45) is 0 Å². The molecule has 0 unspecified atom stereocenters. The van der Waals surface area contributed by atoms with Crippen molar-refractivity contribution < 1.29 is 27.1 Å². The lowest BCUT2D eigenvalue weighted by Crippen LogP contribution is -2.41. The van der Waals surface area contributed by atoms with E-state index in [2.05, 4.69) is 10.2 Å². The Morgan fingerprint density at radius 3 is 2.64 bits per heavy atom. The van der Waals surface area contributed by atoms with Crippen LogP contribution < -0.4 is 10.1 Å². The van der Waals surface area contributed by atoms with E-state index in [4.69, 9.17) is 9.15 Å². The molecular weight excluding hydrogens is 373 g/mol. The van der Waals surface area contributed by atoms with E-state index in [-0.39, 0.29) is 18.4 Å². The number of ether oxygens (including phenoxy) is 1. The molecule has 0 aliphatic carbocycles. The molecule has 1 aliphatic rings. The molecule has 1 aromatic carbocycles. The van der Waals surface area contributed by atoms with Crippen molar-refractivity contribution in [3.63, 3.8) is 0 Å². The van der Waals surface area contributed by atoms with Gasteiger partial charge < -0.3 is 14.5 Å². The van der Waals surface area contributed by atoms with Crippen molar-refractivity contribution >= 4 is 5.91 Å². The summed E-state index contributed by atoms with van der Waals surface area (Å²) in [6, 6.07) is 8.09. The zero-order chi connectivity index (χ0) is 20.0. The quantitative estimate of drug-likeness (QED) is 0.768. The van der Waals surface area contributed by atoms with Crippen LogP contribution in [-0.4, -0.2) is 37.0 Å².